The van der Waals surface area contributed by atoms with Crippen molar-refractivity contribution in [1.82, 2.24) is 4.72 Å². The fourth-order valence-corrected chi connectivity index (χ4v) is 3.27. The number of anilines is 1. The number of halogens is 3. The van der Waals surface area contributed by atoms with E-state index in [-0.39, 0.29) is 18.0 Å². The maximum Gasteiger partial charge on any atom is 0.411 e. The molecular weight excluding hydrogens is 309 g/mol. The number of hydrogen-bond donors (Lipinski definition) is 2. The minimum absolute atomic E-state index is 0.0401. The van der Waals surface area contributed by atoms with Gasteiger partial charge in [-0.1, -0.05) is 6.07 Å². The summed E-state index contributed by atoms with van der Waals surface area (Å²) in [5.41, 5.74) is 6.90. The predicted octanol–water partition coefficient (Wildman–Crippen LogP) is 1.74. The standard InChI is InChI=1S/C12H17F3N2O3S/c1-8-3-4-10(16)9(2)11(8)21(18,19)17-5-6-20-7-12(13,14)15/h3-4,17H,5-7,16H2,1-2H3. The highest BCUT2D eigenvalue weighted by atomic mass is 32.2. The molecule has 0 bridgehead atoms. The highest BCUT2D eigenvalue weighted by Gasteiger charge is 2.27. The van der Waals surface area contributed by atoms with Crippen LogP contribution in [0.4, 0.5) is 18.9 Å². The van der Waals surface area contributed by atoms with Crippen molar-refractivity contribution in [2.24, 2.45) is 0 Å². The lowest BCUT2D eigenvalue weighted by atomic mass is 10.1. The number of benzene rings is 1. The molecule has 1 aromatic carbocycles. The molecule has 1 rings (SSSR count). The van der Waals surface area contributed by atoms with E-state index >= 15 is 0 Å². The minimum Gasteiger partial charge on any atom is -0.398 e. The van der Waals surface area contributed by atoms with Crippen LogP contribution in [0.1, 0.15) is 11.1 Å². The van der Waals surface area contributed by atoms with Gasteiger partial charge in [0.15, 0.2) is 0 Å². The maximum atomic E-state index is 12.1. The summed E-state index contributed by atoms with van der Waals surface area (Å²) in [4.78, 5) is 0.0401. The van der Waals surface area contributed by atoms with Crippen molar-refractivity contribution in [2.45, 2.75) is 24.9 Å². The minimum atomic E-state index is -4.43. The molecule has 0 heterocycles. The lowest BCUT2D eigenvalue weighted by Crippen LogP contribution is -2.30. The molecule has 120 valence electrons. The summed E-state index contributed by atoms with van der Waals surface area (Å²) in [5.74, 6) is 0. The summed E-state index contributed by atoms with van der Waals surface area (Å²) in [5, 5.41) is 0. The molecule has 0 saturated heterocycles. The number of nitrogens with one attached hydrogen (secondary N) is 1. The van der Waals surface area contributed by atoms with Gasteiger partial charge in [-0.15, -0.1) is 0 Å². The third-order valence-corrected chi connectivity index (χ3v) is 4.47. The Kier molecular flexibility index (Phi) is 5.60. The molecule has 5 nitrogen and oxygen atoms in total. The normalized spacial score (nSPS) is 12.6. The molecule has 0 fully saturated rings. The SMILES string of the molecule is Cc1ccc(N)c(C)c1S(=O)(=O)NCCOCC(F)(F)F. The molecule has 0 atom stereocenters. The third-order valence-electron chi connectivity index (χ3n) is 2.72. The smallest absolute Gasteiger partial charge is 0.398 e. The molecular formula is C12H17F3N2O3S. The molecule has 0 aliphatic carbocycles. The molecule has 3 N–H and O–H groups in total. The second-order valence-corrected chi connectivity index (χ2v) is 6.20. The first-order valence-electron chi connectivity index (χ1n) is 6.04. The van der Waals surface area contributed by atoms with Gasteiger partial charge in [0.25, 0.3) is 0 Å². The van der Waals surface area contributed by atoms with Crippen molar-refractivity contribution in [3.05, 3.63) is 23.3 Å². The molecule has 0 aromatic heterocycles. The van der Waals surface area contributed by atoms with Gasteiger partial charge < -0.3 is 10.5 Å². The Balaban J connectivity index is 2.69. The molecule has 9 heteroatoms. The number of nitrogens with two attached hydrogens (primary N) is 1. The number of sulfonamides is 1. The monoisotopic (exact) mass is 326 g/mol. The summed E-state index contributed by atoms with van der Waals surface area (Å²) >= 11 is 0. The molecule has 21 heavy (non-hydrogen) atoms. The Morgan fingerprint density at radius 1 is 1.29 bits per heavy atom. The summed E-state index contributed by atoms with van der Waals surface area (Å²) in [6, 6.07) is 3.16. The van der Waals surface area contributed by atoms with E-state index in [0.29, 0.717) is 16.8 Å². The van der Waals surface area contributed by atoms with E-state index in [1.54, 1.807) is 26.0 Å². The zero-order chi connectivity index (χ0) is 16.3. The summed E-state index contributed by atoms with van der Waals surface area (Å²) in [6.45, 7) is 1.13. The van der Waals surface area contributed by atoms with E-state index in [4.69, 9.17) is 5.73 Å². The van der Waals surface area contributed by atoms with Gasteiger partial charge in [-0.3, -0.25) is 0 Å². The zero-order valence-electron chi connectivity index (χ0n) is 11.6. The van der Waals surface area contributed by atoms with E-state index in [2.05, 4.69) is 9.46 Å². The molecule has 0 aliphatic heterocycles. The second-order valence-electron chi connectivity index (χ2n) is 4.49. The van der Waals surface area contributed by atoms with Crippen LogP contribution in [0.3, 0.4) is 0 Å². The van der Waals surface area contributed by atoms with Crippen LogP contribution in [-0.4, -0.2) is 34.4 Å². The molecule has 1 aromatic rings. The first kappa shape index (κ1) is 17.7. The summed E-state index contributed by atoms with van der Waals surface area (Å²) in [6.07, 6.45) is -4.43. The van der Waals surface area contributed by atoms with Crippen LogP contribution >= 0.6 is 0 Å². The topological polar surface area (TPSA) is 81.4 Å². The van der Waals surface area contributed by atoms with Crippen molar-refractivity contribution in [3.8, 4) is 0 Å². The Morgan fingerprint density at radius 2 is 1.90 bits per heavy atom. The number of aryl methyl sites for hydroxylation is 1. The first-order valence-corrected chi connectivity index (χ1v) is 7.53. The average molecular weight is 326 g/mol. The second kappa shape index (κ2) is 6.63. The van der Waals surface area contributed by atoms with Gasteiger partial charge in [0.1, 0.15) is 6.61 Å². The van der Waals surface area contributed by atoms with E-state index in [0.717, 1.165) is 0 Å². The number of rotatable bonds is 6. The molecule has 0 amide bonds. The Morgan fingerprint density at radius 3 is 2.48 bits per heavy atom. The van der Waals surface area contributed by atoms with Crippen LogP contribution < -0.4 is 10.5 Å². The van der Waals surface area contributed by atoms with Gasteiger partial charge in [-0.05, 0) is 31.0 Å². The number of nitrogen functional groups attached to an aromatic ring is 1. The molecule has 0 aliphatic rings. The predicted molar refractivity (Wildman–Crippen MR) is 72.4 cm³/mol. The van der Waals surface area contributed by atoms with Gasteiger partial charge in [-0.25, -0.2) is 13.1 Å². The molecule has 0 unspecified atom stereocenters. The quantitative estimate of drug-likeness (QED) is 0.616. The van der Waals surface area contributed by atoms with E-state index in [1.807, 2.05) is 0 Å². The van der Waals surface area contributed by atoms with E-state index in [1.165, 1.54) is 0 Å². The molecule has 0 spiro atoms. The van der Waals surface area contributed by atoms with E-state index < -0.39 is 22.8 Å². The number of alkyl halides is 3. The summed E-state index contributed by atoms with van der Waals surface area (Å²) < 4.78 is 66.4. The van der Waals surface area contributed by atoms with Crippen LogP contribution in [-0.2, 0) is 14.8 Å². The Labute approximate surface area is 121 Å². The third kappa shape index (κ3) is 5.18. The van der Waals surface area contributed by atoms with Crippen LogP contribution in [0.25, 0.3) is 0 Å². The lowest BCUT2D eigenvalue weighted by molar-refractivity contribution is -0.173. The largest absolute Gasteiger partial charge is 0.411 e. The van der Waals surface area contributed by atoms with E-state index in [9.17, 15) is 21.6 Å². The van der Waals surface area contributed by atoms with Gasteiger partial charge in [0.05, 0.1) is 11.5 Å². The van der Waals surface area contributed by atoms with Crippen LogP contribution in [0.15, 0.2) is 17.0 Å². The van der Waals surface area contributed by atoms with Crippen molar-refractivity contribution in [1.29, 1.82) is 0 Å². The molecule has 0 radical (unpaired) electrons. The Hall–Kier alpha value is -1.32. The van der Waals surface area contributed by atoms with Gasteiger partial charge in [-0.2, -0.15) is 13.2 Å². The van der Waals surface area contributed by atoms with Crippen molar-refractivity contribution in [3.63, 3.8) is 0 Å². The number of ether oxygens (including phenoxy) is 1. The maximum absolute atomic E-state index is 12.1. The van der Waals surface area contributed by atoms with Crippen molar-refractivity contribution >= 4 is 15.7 Å². The van der Waals surface area contributed by atoms with Gasteiger partial charge >= 0.3 is 6.18 Å². The molecule has 0 saturated carbocycles. The van der Waals surface area contributed by atoms with Crippen LogP contribution in [0.5, 0.6) is 0 Å². The highest BCUT2D eigenvalue weighted by molar-refractivity contribution is 7.89. The lowest BCUT2D eigenvalue weighted by Gasteiger charge is -2.14. The fourth-order valence-electron chi connectivity index (χ4n) is 1.76. The summed E-state index contributed by atoms with van der Waals surface area (Å²) in [7, 11) is -3.85. The van der Waals surface area contributed by atoms with Crippen molar-refractivity contribution in [2.75, 3.05) is 25.5 Å². The average Bonchev–Trinajstić information content (AvgIpc) is 2.32. The van der Waals surface area contributed by atoms with Gasteiger partial charge in [0, 0.05) is 12.2 Å². The van der Waals surface area contributed by atoms with Gasteiger partial charge in [0.2, 0.25) is 10.0 Å². The number of hydrogen-bond acceptors (Lipinski definition) is 4. The van der Waals surface area contributed by atoms with Crippen LogP contribution in [0.2, 0.25) is 0 Å². The first-order chi connectivity index (χ1) is 9.54. The van der Waals surface area contributed by atoms with Crippen molar-refractivity contribution < 1.29 is 26.3 Å². The fraction of sp³-hybridized carbons (Fsp3) is 0.500. The Bertz CT molecular complexity index is 601. The zero-order valence-corrected chi connectivity index (χ0v) is 12.4. The highest BCUT2D eigenvalue weighted by Crippen LogP contribution is 2.24. The van der Waals surface area contributed by atoms with Crippen LogP contribution in [0, 0.1) is 13.8 Å².